The predicted octanol–water partition coefficient (Wildman–Crippen LogP) is 5.82. The number of likely N-dealkylation sites (tertiary alicyclic amines) is 1. The number of thioether (sulfide) groups is 1. The van der Waals surface area contributed by atoms with Crippen molar-refractivity contribution in [3.05, 3.63) is 59.1 Å². The van der Waals surface area contributed by atoms with Crippen molar-refractivity contribution in [3.63, 3.8) is 0 Å². The predicted molar refractivity (Wildman–Crippen MR) is 115 cm³/mol. The van der Waals surface area contributed by atoms with Crippen molar-refractivity contribution in [2.45, 2.75) is 37.0 Å². The lowest BCUT2D eigenvalue weighted by Gasteiger charge is -2.31. The van der Waals surface area contributed by atoms with Crippen LogP contribution in [0, 0.1) is 0 Å². The second-order valence-corrected chi connectivity index (χ2v) is 9.13. The zero-order valence-electron chi connectivity index (χ0n) is 15.6. The van der Waals surface area contributed by atoms with E-state index in [9.17, 15) is 4.79 Å². The van der Waals surface area contributed by atoms with Gasteiger partial charge in [-0.15, -0.1) is 23.1 Å². The maximum absolute atomic E-state index is 13.1. The van der Waals surface area contributed by atoms with E-state index >= 15 is 0 Å². The summed E-state index contributed by atoms with van der Waals surface area (Å²) < 4.78 is 1.26. The topological polar surface area (TPSA) is 33.2 Å². The van der Waals surface area contributed by atoms with Crippen LogP contribution in [0.5, 0.6) is 0 Å². The summed E-state index contributed by atoms with van der Waals surface area (Å²) in [5, 5.41) is 1.22. The minimum Gasteiger partial charge on any atom is -0.339 e. The second kappa shape index (κ2) is 8.44. The Morgan fingerprint density at radius 1 is 1.15 bits per heavy atom. The molecular weight excluding hydrogens is 372 g/mol. The molecule has 1 saturated heterocycles. The Morgan fingerprint density at radius 3 is 2.67 bits per heavy atom. The fourth-order valence-electron chi connectivity index (χ4n) is 3.55. The summed E-state index contributed by atoms with van der Waals surface area (Å²) >= 11 is 3.59. The highest BCUT2D eigenvalue weighted by molar-refractivity contribution is 7.99. The number of rotatable bonds is 5. The van der Waals surface area contributed by atoms with Gasteiger partial charge in [-0.1, -0.05) is 31.2 Å². The number of hydrogen-bond donors (Lipinski definition) is 0. The van der Waals surface area contributed by atoms with E-state index in [2.05, 4.69) is 31.2 Å². The molecule has 0 N–H and O–H groups in total. The van der Waals surface area contributed by atoms with Crippen molar-refractivity contribution in [1.29, 1.82) is 0 Å². The molecule has 140 valence electrons. The summed E-state index contributed by atoms with van der Waals surface area (Å²) in [5.41, 5.74) is 1.95. The van der Waals surface area contributed by atoms with Crippen LogP contribution in [0.25, 0.3) is 10.2 Å². The van der Waals surface area contributed by atoms with Crippen LogP contribution in [0.15, 0.2) is 53.4 Å². The van der Waals surface area contributed by atoms with E-state index in [1.165, 1.54) is 9.71 Å². The number of amides is 1. The molecular formula is C22H24N2OS2. The van der Waals surface area contributed by atoms with Crippen molar-refractivity contribution in [2.24, 2.45) is 0 Å². The van der Waals surface area contributed by atoms with Crippen LogP contribution >= 0.6 is 23.1 Å². The van der Waals surface area contributed by atoms with Gasteiger partial charge in [0.05, 0.1) is 20.8 Å². The standard InChI is InChI=1S/C22H24N2OS2/c1-2-15-26-19-9-5-3-7-17(19)22(25)24-13-11-16(12-14-24)21-23-18-8-4-6-10-20(18)27-21/h3-10,16H,2,11-15H2,1H3. The molecule has 0 unspecified atom stereocenters. The molecule has 0 spiro atoms. The maximum Gasteiger partial charge on any atom is 0.254 e. The van der Waals surface area contributed by atoms with Crippen molar-refractivity contribution >= 4 is 39.2 Å². The van der Waals surface area contributed by atoms with E-state index in [0.717, 1.165) is 54.1 Å². The quantitative estimate of drug-likeness (QED) is 0.510. The van der Waals surface area contributed by atoms with Crippen LogP contribution in [-0.4, -0.2) is 34.6 Å². The summed E-state index contributed by atoms with van der Waals surface area (Å²) in [6, 6.07) is 16.4. The number of para-hydroxylation sites is 1. The number of piperidine rings is 1. The average Bonchev–Trinajstić information content (AvgIpc) is 3.16. The average molecular weight is 397 g/mol. The Hall–Kier alpha value is -1.85. The highest BCUT2D eigenvalue weighted by Gasteiger charge is 2.27. The van der Waals surface area contributed by atoms with Crippen LogP contribution in [0.1, 0.15) is 47.5 Å². The molecule has 1 aliphatic rings. The van der Waals surface area contributed by atoms with Crippen molar-refractivity contribution in [1.82, 2.24) is 9.88 Å². The zero-order valence-corrected chi connectivity index (χ0v) is 17.2. The van der Waals surface area contributed by atoms with E-state index in [0.29, 0.717) is 5.92 Å². The first kappa shape index (κ1) is 18.5. The number of fused-ring (bicyclic) bond motifs is 1. The lowest BCUT2D eigenvalue weighted by atomic mass is 9.97. The zero-order chi connectivity index (χ0) is 18.6. The SMILES string of the molecule is CCCSc1ccccc1C(=O)N1CCC(c2nc3ccccc3s2)CC1. The minimum absolute atomic E-state index is 0.178. The van der Waals surface area contributed by atoms with Crippen molar-refractivity contribution in [3.8, 4) is 0 Å². The first-order valence-electron chi connectivity index (χ1n) is 9.63. The van der Waals surface area contributed by atoms with Crippen molar-refractivity contribution < 1.29 is 4.79 Å². The number of carbonyl (C=O) groups excluding carboxylic acids is 1. The van der Waals surface area contributed by atoms with Crippen LogP contribution in [0.3, 0.4) is 0 Å². The third-order valence-electron chi connectivity index (χ3n) is 5.02. The van der Waals surface area contributed by atoms with Gasteiger partial charge in [-0.05, 0) is 49.3 Å². The van der Waals surface area contributed by atoms with Crippen LogP contribution in [0.4, 0.5) is 0 Å². The molecule has 3 nitrogen and oxygen atoms in total. The Kier molecular flexibility index (Phi) is 5.79. The third kappa shape index (κ3) is 4.04. The molecule has 0 atom stereocenters. The molecule has 1 aliphatic heterocycles. The third-order valence-corrected chi connectivity index (χ3v) is 7.50. The first-order chi connectivity index (χ1) is 13.3. The Morgan fingerprint density at radius 2 is 1.89 bits per heavy atom. The molecule has 1 aromatic heterocycles. The van der Waals surface area contributed by atoms with Gasteiger partial charge in [0.1, 0.15) is 0 Å². The van der Waals surface area contributed by atoms with Crippen LogP contribution in [0.2, 0.25) is 0 Å². The van der Waals surface area contributed by atoms with Gasteiger partial charge in [0.2, 0.25) is 0 Å². The molecule has 0 aliphatic carbocycles. The fraction of sp³-hybridized carbons (Fsp3) is 0.364. The number of benzene rings is 2. The van der Waals surface area contributed by atoms with Gasteiger partial charge in [-0.25, -0.2) is 4.98 Å². The summed E-state index contributed by atoms with van der Waals surface area (Å²) in [7, 11) is 0. The van der Waals surface area contributed by atoms with Crippen LogP contribution < -0.4 is 0 Å². The Bertz CT molecular complexity index is 896. The fourth-order valence-corrected chi connectivity index (χ4v) is 5.59. The van der Waals surface area contributed by atoms with Gasteiger partial charge in [0.25, 0.3) is 5.91 Å². The number of aromatic nitrogens is 1. The van der Waals surface area contributed by atoms with E-state index < -0.39 is 0 Å². The highest BCUT2D eigenvalue weighted by atomic mass is 32.2. The molecule has 27 heavy (non-hydrogen) atoms. The van der Waals surface area contributed by atoms with Crippen molar-refractivity contribution in [2.75, 3.05) is 18.8 Å². The highest BCUT2D eigenvalue weighted by Crippen LogP contribution is 2.34. The first-order valence-corrected chi connectivity index (χ1v) is 11.4. The molecule has 4 rings (SSSR count). The number of thiazole rings is 1. The molecule has 0 saturated carbocycles. The minimum atomic E-state index is 0.178. The molecule has 1 fully saturated rings. The molecule has 3 aromatic rings. The smallest absolute Gasteiger partial charge is 0.254 e. The number of carbonyl (C=O) groups is 1. The lowest BCUT2D eigenvalue weighted by Crippen LogP contribution is -2.38. The Balaban J connectivity index is 1.44. The summed E-state index contributed by atoms with van der Waals surface area (Å²) in [6.07, 6.45) is 3.10. The molecule has 0 radical (unpaired) electrons. The molecule has 5 heteroatoms. The van der Waals surface area contributed by atoms with Gasteiger partial charge >= 0.3 is 0 Å². The van der Waals surface area contributed by atoms with Gasteiger partial charge in [-0.3, -0.25) is 4.79 Å². The Labute approximate surface area is 168 Å². The maximum atomic E-state index is 13.1. The lowest BCUT2D eigenvalue weighted by molar-refractivity contribution is 0.0709. The van der Waals surface area contributed by atoms with Gasteiger partial charge in [-0.2, -0.15) is 0 Å². The normalized spacial score (nSPS) is 15.4. The second-order valence-electron chi connectivity index (χ2n) is 6.93. The van der Waals surface area contributed by atoms with E-state index in [1.807, 2.05) is 29.2 Å². The largest absolute Gasteiger partial charge is 0.339 e. The monoisotopic (exact) mass is 396 g/mol. The molecule has 1 amide bonds. The van der Waals surface area contributed by atoms with E-state index in [1.54, 1.807) is 23.1 Å². The summed E-state index contributed by atoms with van der Waals surface area (Å²) in [6.45, 7) is 3.79. The molecule has 0 bridgehead atoms. The van der Waals surface area contributed by atoms with Gasteiger partial charge in [0.15, 0.2) is 0 Å². The summed E-state index contributed by atoms with van der Waals surface area (Å²) in [5.74, 6) is 1.69. The van der Waals surface area contributed by atoms with E-state index in [4.69, 9.17) is 4.98 Å². The van der Waals surface area contributed by atoms with Gasteiger partial charge in [0, 0.05) is 23.9 Å². The van der Waals surface area contributed by atoms with Gasteiger partial charge < -0.3 is 4.90 Å². The summed E-state index contributed by atoms with van der Waals surface area (Å²) in [4.78, 5) is 21.0. The number of nitrogens with zero attached hydrogens (tertiary/aromatic N) is 2. The molecule has 2 aromatic carbocycles. The number of hydrogen-bond acceptors (Lipinski definition) is 4. The van der Waals surface area contributed by atoms with Crippen LogP contribution in [-0.2, 0) is 0 Å². The molecule has 2 heterocycles. The van der Waals surface area contributed by atoms with E-state index in [-0.39, 0.29) is 5.91 Å².